The lowest BCUT2D eigenvalue weighted by atomic mass is 9.60. The van der Waals surface area contributed by atoms with Gasteiger partial charge >= 0.3 is 0 Å². The first-order valence-corrected chi connectivity index (χ1v) is 22.3. The number of nitrogens with zero attached hydrogens (tertiary/aromatic N) is 7. The lowest BCUT2D eigenvalue weighted by Crippen LogP contribution is -2.27. The Morgan fingerprint density at radius 2 is 0.727 bits per heavy atom. The summed E-state index contributed by atoms with van der Waals surface area (Å²) >= 11 is 0. The zero-order valence-electron chi connectivity index (χ0n) is 35.9. The number of rotatable bonds is 7. The highest BCUT2D eigenvalue weighted by atomic mass is 15.1. The van der Waals surface area contributed by atoms with Gasteiger partial charge in [0.2, 0.25) is 0 Å². The number of fused-ring (bicyclic) bond motifs is 1. The van der Waals surface area contributed by atoms with Crippen LogP contribution in [-0.4, -0.2) is 34.5 Å². The maximum atomic E-state index is 5.28. The number of hydrogen-bond donors (Lipinski definition) is 0. The van der Waals surface area contributed by atoms with E-state index in [0.717, 1.165) is 67.2 Å². The molecule has 0 saturated carbocycles. The van der Waals surface area contributed by atoms with Gasteiger partial charge in [-0.15, -0.1) is 0 Å². The summed E-state index contributed by atoms with van der Waals surface area (Å²) in [6.07, 6.45) is 0. The van der Waals surface area contributed by atoms with Gasteiger partial charge in [0.05, 0.1) is 22.4 Å². The summed E-state index contributed by atoms with van der Waals surface area (Å²) in [5.74, 6) is 3.64. The van der Waals surface area contributed by atoms with E-state index in [9.17, 15) is 0 Å². The van der Waals surface area contributed by atoms with Gasteiger partial charge < -0.3 is 4.57 Å². The number of aromatic nitrogens is 7. The second-order valence-corrected chi connectivity index (χ2v) is 17.1. The molecule has 8 aromatic carbocycles. The summed E-state index contributed by atoms with van der Waals surface area (Å²) in [6.45, 7) is 0. The minimum atomic E-state index is 0.0422. The number of para-hydroxylation sites is 2. The molecule has 0 saturated heterocycles. The SMILES string of the molecule is Cn1c(-c2cccc(-c3cc(-c4ccc5c(c4)C4c6ccccc6C5c5cc(-c6nc(-c7ccccc7)nc(-c7ccccc7)n6)ccc54)nc(-c4ccccc4)n3)c2)nc2ccccc21. The zero-order valence-corrected chi connectivity index (χ0v) is 35.9. The van der Waals surface area contributed by atoms with E-state index in [0.29, 0.717) is 23.3 Å². The molecule has 66 heavy (non-hydrogen) atoms. The first kappa shape index (κ1) is 37.8. The van der Waals surface area contributed by atoms with Crippen LogP contribution in [0, 0.1) is 0 Å². The van der Waals surface area contributed by atoms with Crippen LogP contribution in [0.4, 0.5) is 0 Å². The van der Waals surface area contributed by atoms with Gasteiger partial charge in [0.25, 0.3) is 0 Å². The number of aryl methyl sites for hydroxylation is 1. The molecule has 0 fully saturated rings. The van der Waals surface area contributed by atoms with Gasteiger partial charge in [-0.1, -0.05) is 170 Å². The fraction of sp³-hybridized carbons (Fsp3) is 0.0508. The van der Waals surface area contributed by atoms with Crippen molar-refractivity contribution in [1.29, 1.82) is 0 Å². The third-order valence-electron chi connectivity index (χ3n) is 13.3. The quantitative estimate of drug-likeness (QED) is 0.159. The van der Waals surface area contributed by atoms with E-state index in [-0.39, 0.29) is 11.8 Å². The fourth-order valence-electron chi connectivity index (χ4n) is 10.1. The second kappa shape index (κ2) is 15.2. The van der Waals surface area contributed by atoms with Crippen molar-refractivity contribution in [3.05, 3.63) is 240 Å². The van der Waals surface area contributed by atoms with E-state index in [1.165, 1.54) is 33.4 Å². The van der Waals surface area contributed by atoms with Crippen LogP contribution in [0.2, 0.25) is 0 Å². The van der Waals surface area contributed by atoms with E-state index in [4.69, 9.17) is 29.9 Å². The van der Waals surface area contributed by atoms with Crippen molar-refractivity contribution >= 4 is 11.0 Å². The van der Waals surface area contributed by atoms with Crippen molar-refractivity contribution in [2.75, 3.05) is 0 Å². The fourth-order valence-corrected chi connectivity index (χ4v) is 10.1. The molecule has 2 atom stereocenters. The molecule has 0 amide bonds. The van der Waals surface area contributed by atoms with Crippen molar-refractivity contribution in [2.45, 2.75) is 11.8 Å². The molecule has 0 aliphatic heterocycles. The molecule has 3 aliphatic carbocycles. The minimum Gasteiger partial charge on any atom is -0.327 e. The molecule has 0 N–H and O–H groups in total. The number of benzene rings is 8. The van der Waals surface area contributed by atoms with E-state index in [1.807, 2.05) is 60.7 Å². The van der Waals surface area contributed by atoms with Gasteiger partial charge in [-0.3, -0.25) is 0 Å². The van der Waals surface area contributed by atoms with Crippen LogP contribution in [0.25, 0.3) is 90.5 Å². The molecule has 0 spiro atoms. The second-order valence-electron chi connectivity index (χ2n) is 17.1. The Balaban J connectivity index is 0.926. The highest BCUT2D eigenvalue weighted by Gasteiger charge is 2.41. The van der Waals surface area contributed by atoms with Crippen LogP contribution in [-0.2, 0) is 7.05 Å². The molecule has 3 aromatic heterocycles. The van der Waals surface area contributed by atoms with Gasteiger partial charge in [0.15, 0.2) is 23.3 Å². The summed E-state index contributed by atoms with van der Waals surface area (Å²) in [4.78, 5) is 30.6. The summed E-state index contributed by atoms with van der Waals surface area (Å²) in [5, 5.41) is 0. The Morgan fingerprint density at radius 3 is 1.30 bits per heavy atom. The van der Waals surface area contributed by atoms with E-state index < -0.39 is 0 Å². The predicted molar refractivity (Wildman–Crippen MR) is 263 cm³/mol. The smallest absolute Gasteiger partial charge is 0.164 e. The average Bonchev–Trinajstić information content (AvgIpc) is 3.74. The van der Waals surface area contributed by atoms with Crippen molar-refractivity contribution in [3.63, 3.8) is 0 Å². The molecule has 3 heterocycles. The minimum absolute atomic E-state index is 0.0422. The highest BCUT2D eigenvalue weighted by Crippen LogP contribution is 2.56. The largest absolute Gasteiger partial charge is 0.327 e. The van der Waals surface area contributed by atoms with Crippen molar-refractivity contribution in [1.82, 2.24) is 34.5 Å². The standard InChI is InChI=1S/C59H39N7/c1-66-52-27-14-13-26-49(52)62-59(66)42-23-15-22-39(32-42)50-35-51(61-55(60-50)36-16-5-2-6-17-36)40-28-30-45-47(33-40)53-43-24-11-12-25-44(43)54(45)48-34-41(29-31-46(48)53)58-64-56(37-18-7-3-8-19-37)63-57(65-58)38-20-9-4-10-21-38/h2-35,53-54H,1H3. The van der Waals surface area contributed by atoms with Gasteiger partial charge in [-0.05, 0) is 69.8 Å². The van der Waals surface area contributed by atoms with Crippen LogP contribution in [0.1, 0.15) is 45.2 Å². The zero-order chi connectivity index (χ0) is 43.7. The van der Waals surface area contributed by atoms with E-state index in [1.54, 1.807) is 0 Å². The van der Waals surface area contributed by atoms with Crippen molar-refractivity contribution in [2.24, 2.45) is 7.05 Å². The van der Waals surface area contributed by atoms with Crippen LogP contribution in [0.5, 0.6) is 0 Å². The van der Waals surface area contributed by atoms with Crippen LogP contribution in [0.3, 0.4) is 0 Å². The molecular formula is C59H39N7. The molecule has 7 nitrogen and oxygen atoms in total. The van der Waals surface area contributed by atoms with Gasteiger partial charge in [-0.2, -0.15) is 0 Å². The molecule has 2 bridgehead atoms. The van der Waals surface area contributed by atoms with Crippen molar-refractivity contribution < 1.29 is 0 Å². The van der Waals surface area contributed by atoms with Gasteiger partial charge in [0, 0.05) is 57.8 Å². The van der Waals surface area contributed by atoms with Crippen LogP contribution in [0.15, 0.2) is 206 Å². The molecule has 11 aromatic rings. The Bertz CT molecular complexity index is 3620. The molecule has 0 radical (unpaired) electrons. The average molecular weight is 846 g/mol. The topological polar surface area (TPSA) is 82.3 Å². The Labute approximate surface area is 381 Å². The lowest BCUT2D eigenvalue weighted by Gasteiger charge is -2.42. The van der Waals surface area contributed by atoms with Crippen molar-refractivity contribution in [3.8, 4) is 79.5 Å². The Kier molecular flexibility index (Phi) is 8.74. The lowest BCUT2D eigenvalue weighted by molar-refractivity contribution is 0.754. The van der Waals surface area contributed by atoms with Crippen LogP contribution >= 0.6 is 0 Å². The maximum Gasteiger partial charge on any atom is 0.164 e. The molecule has 2 unspecified atom stereocenters. The highest BCUT2D eigenvalue weighted by molar-refractivity contribution is 5.83. The Hall–Kier alpha value is -8.68. The Morgan fingerprint density at radius 1 is 0.303 bits per heavy atom. The molecule has 7 heteroatoms. The molecular weight excluding hydrogens is 807 g/mol. The molecule has 3 aliphatic rings. The number of hydrogen-bond acceptors (Lipinski definition) is 6. The molecule has 310 valence electrons. The normalized spacial score (nSPS) is 14.4. The summed E-state index contributed by atoms with van der Waals surface area (Å²) in [6, 6.07) is 72.2. The third-order valence-corrected chi connectivity index (χ3v) is 13.3. The van der Waals surface area contributed by atoms with E-state index in [2.05, 4.69) is 157 Å². The summed E-state index contributed by atoms with van der Waals surface area (Å²) < 4.78 is 2.16. The summed E-state index contributed by atoms with van der Waals surface area (Å²) in [7, 11) is 2.07. The maximum absolute atomic E-state index is 5.28. The van der Waals surface area contributed by atoms with E-state index >= 15 is 0 Å². The predicted octanol–water partition coefficient (Wildman–Crippen LogP) is 13.2. The first-order chi connectivity index (χ1) is 32.6. The molecule has 14 rings (SSSR count). The van der Waals surface area contributed by atoms with Gasteiger partial charge in [-0.25, -0.2) is 29.9 Å². The monoisotopic (exact) mass is 845 g/mol. The van der Waals surface area contributed by atoms with Crippen LogP contribution < -0.4 is 0 Å². The summed E-state index contributed by atoms with van der Waals surface area (Å²) in [5.41, 5.74) is 18.6. The first-order valence-electron chi connectivity index (χ1n) is 22.3. The third kappa shape index (κ3) is 6.27. The van der Waals surface area contributed by atoms with Gasteiger partial charge in [0.1, 0.15) is 5.82 Å². The number of imidazole rings is 1.